The molecule has 0 aliphatic rings. The van der Waals surface area contributed by atoms with Crippen molar-refractivity contribution >= 4 is 16.9 Å². The molecule has 1 aromatic carbocycles. The van der Waals surface area contributed by atoms with E-state index < -0.39 is 0 Å². The number of nitrogens with one attached hydrogen (secondary N) is 1. The Balaban J connectivity index is 2.41. The van der Waals surface area contributed by atoms with Crippen LogP contribution < -0.4 is 5.73 Å². The van der Waals surface area contributed by atoms with E-state index in [0.29, 0.717) is 5.56 Å². The van der Waals surface area contributed by atoms with Crippen LogP contribution in [-0.2, 0) is 11.2 Å². The van der Waals surface area contributed by atoms with E-state index in [1.807, 2.05) is 19.2 Å². The SMILES string of the molecule is COC(=O)c1ccc2c(CC(C)N)c[nH]c2c1. The van der Waals surface area contributed by atoms with Crippen molar-refractivity contribution in [1.29, 1.82) is 0 Å². The van der Waals surface area contributed by atoms with Crippen molar-refractivity contribution in [1.82, 2.24) is 4.98 Å². The summed E-state index contributed by atoms with van der Waals surface area (Å²) in [6.07, 6.45) is 2.76. The minimum absolute atomic E-state index is 0.120. The lowest BCUT2D eigenvalue weighted by Gasteiger charge is -2.03. The molecule has 0 radical (unpaired) electrons. The van der Waals surface area contributed by atoms with Gasteiger partial charge in [-0.25, -0.2) is 4.79 Å². The summed E-state index contributed by atoms with van der Waals surface area (Å²) in [5.74, 6) is -0.324. The normalized spacial score (nSPS) is 12.6. The van der Waals surface area contributed by atoms with Crippen molar-refractivity contribution in [3.05, 3.63) is 35.5 Å². The van der Waals surface area contributed by atoms with Gasteiger partial charge in [0.1, 0.15) is 0 Å². The molecule has 1 atom stereocenters. The molecule has 90 valence electrons. The molecule has 2 rings (SSSR count). The van der Waals surface area contributed by atoms with E-state index >= 15 is 0 Å². The standard InChI is InChI=1S/C13H16N2O2/c1-8(14)5-10-7-15-12-6-9(13(16)17-2)3-4-11(10)12/h3-4,6-8,15H,5,14H2,1-2H3. The first-order valence-electron chi connectivity index (χ1n) is 5.55. The first-order valence-corrected chi connectivity index (χ1v) is 5.55. The summed E-state index contributed by atoms with van der Waals surface area (Å²) in [5, 5.41) is 1.11. The third-order valence-electron chi connectivity index (χ3n) is 2.73. The number of fused-ring (bicyclic) bond motifs is 1. The second-order valence-electron chi connectivity index (χ2n) is 4.25. The van der Waals surface area contributed by atoms with Gasteiger partial charge in [0, 0.05) is 23.1 Å². The first kappa shape index (κ1) is 11.7. The summed E-state index contributed by atoms with van der Waals surface area (Å²) >= 11 is 0. The Morgan fingerprint density at radius 2 is 2.29 bits per heavy atom. The van der Waals surface area contributed by atoms with Crippen molar-refractivity contribution in [3.63, 3.8) is 0 Å². The van der Waals surface area contributed by atoms with Crippen molar-refractivity contribution < 1.29 is 9.53 Å². The summed E-state index contributed by atoms with van der Waals surface area (Å²) in [7, 11) is 1.38. The zero-order valence-corrected chi connectivity index (χ0v) is 9.99. The largest absolute Gasteiger partial charge is 0.465 e. The topological polar surface area (TPSA) is 68.1 Å². The Morgan fingerprint density at radius 1 is 1.53 bits per heavy atom. The average molecular weight is 232 g/mol. The number of esters is 1. The number of methoxy groups -OCH3 is 1. The van der Waals surface area contributed by atoms with Crippen molar-refractivity contribution in [2.45, 2.75) is 19.4 Å². The molecule has 0 saturated carbocycles. The van der Waals surface area contributed by atoms with Gasteiger partial charge in [0.25, 0.3) is 0 Å². The summed E-state index contributed by atoms with van der Waals surface area (Å²) in [6, 6.07) is 5.61. The summed E-state index contributed by atoms with van der Waals surface area (Å²) in [4.78, 5) is 14.5. The predicted molar refractivity (Wildman–Crippen MR) is 67.0 cm³/mol. The number of ether oxygens (including phenoxy) is 1. The highest BCUT2D eigenvalue weighted by atomic mass is 16.5. The Hall–Kier alpha value is -1.81. The molecule has 1 heterocycles. The fourth-order valence-electron chi connectivity index (χ4n) is 1.95. The highest BCUT2D eigenvalue weighted by Gasteiger charge is 2.10. The van der Waals surface area contributed by atoms with Crippen molar-refractivity contribution in [2.24, 2.45) is 5.73 Å². The van der Waals surface area contributed by atoms with Crippen LogP contribution in [0.25, 0.3) is 10.9 Å². The fourth-order valence-corrected chi connectivity index (χ4v) is 1.95. The third-order valence-corrected chi connectivity index (χ3v) is 2.73. The van der Waals surface area contributed by atoms with Crippen LogP contribution in [-0.4, -0.2) is 24.1 Å². The zero-order valence-electron chi connectivity index (χ0n) is 9.99. The molecule has 1 aromatic heterocycles. The molecule has 0 spiro atoms. The van der Waals surface area contributed by atoms with Gasteiger partial charge in [0.2, 0.25) is 0 Å². The Labute approximate surface area is 99.8 Å². The molecule has 4 nitrogen and oxygen atoms in total. The predicted octanol–water partition coefficient (Wildman–Crippen LogP) is 1.84. The second-order valence-corrected chi connectivity index (χ2v) is 4.25. The van der Waals surface area contributed by atoms with Crippen LogP contribution in [0.4, 0.5) is 0 Å². The average Bonchev–Trinajstić information content (AvgIpc) is 2.70. The maximum absolute atomic E-state index is 11.4. The van der Waals surface area contributed by atoms with E-state index in [9.17, 15) is 4.79 Å². The lowest BCUT2D eigenvalue weighted by Crippen LogP contribution is -2.17. The molecule has 2 aromatic rings. The van der Waals surface area contributed by atoms with Gasteiger partial charge in [-0.2, -0.15) is 0 Å². The number of carbonyl (C=O) groups is 1. The maximum atomic E-state index is 11.4. The molecule has 0 fully saturated rings. The Bertz CT molecular complexity index is 543. The van der Waals surface area contributed by atoms with Gasteiger partial charge in [-0.3, -0.25) is 0 Å². The van der Waals surface area contributed by atoms with E-state index in [1.165, 1.54) is 12.7 Å². The van der Waals surface area contributed by atoms with E-state index in [-0.39, 0.29) is 12.0 Å². The minimum Gasteiger partial charge on any atom is -0.465 e. The molecule has 4 heteroatoms. The molecule has 0 aliphatic carbocycles. The maximum Gasteiger partial charge on any atom is 0.337 e. The lowest BCUT2D eigenvalue weighted by atomic mass is 10.1. The third kappa shape index (κ3) is 2.31. The van der Waals surface area contributed by atoms with Crippen LogP contribution in [0.15, 0.2) is 24.4 Å². The summed E-state index contributed by atoms with van der Waals surface area (Å²) in [5.41, 5.74) is 8.44. The van der Waals surface area contributed by atoms with Gasteiger partial charge in [0.05, 0.1) is 12.7 Å². The zero-order chi connectivity index (χ0) is 12.4. The van der Waals surface area contributed by atoms with Gasteiger partial charge >= 0.3 is 5.97 Å². The first-order chi connectivity index (χ1) is 8.11. The van der Waals surface area contributed by atoms with E-state index in [4.69, 9.17) is 5.73 Å². The second kappa shape index (κ2) is 4.59. The molecule has 0 bridgehead atoms. The van der Waals surface area contributed by atoms with E-state index in [1.54, 1.807) is 12.1 Å². The highest BCUT2D eigenvalue weighted by molar-refractivity contribution is 5.95. The van der Waals surface area contributed by atoms with Crippen LogP contribution in [0.1, 0.15) is 22.8 Å². The van der Waals surface area contributed by atoms with Crippen LogP contribution in [0.5, 0.6) is 0 Å². The smallest absolute Gasteiger partial charge is 0.337 e. The number of benzene rings is 1. The van der Waals surface area contributed by atoms with Gasteiger partial charge in [-0.15, -0.1) is 0 Å². The molecule has 0 amide bonds. The van der Waals surface area contributed by atoms with Crippen molar-refractivity contribution in [2.75, 3.05) is 7.11 Å². The molecule has 0 saturated heterocycles. The molecular formula is C13H16N2O2. The van der Waals surface area contributed by atoms with E-state index in [2.05, 4.69) is 9.72 Å². The van der Waals surface area contributed by atoms with Gasteiger partial charge < -0.3 is 15.5 Å². The van der Waals surface area contributed by atoms with E-state index in [0.717, 1.165) is 17.3 Å². The molecule has 1 unspecified atom stereocenters. The van der Waals surface area contributed by atoms with Crippen molar-refractivity contribution in [3.8, 4) is 0 Å². The number of hydrogen-bond acceptors (Lipinski definition) is 3. The van der Waals surface area contributed by atoms with Crippen LogP contribution in [0.3, 0.4) is 0 Å². The monoisotopic (exact) mass is 232 g/mol. The van der Waals surface area contributed by atoms with Gasteiger partial charge in [0.15, 0.2) is 0 Å². The molecular weight excluding hydrogens is 216 g/mol. The molecule has 17 heavy (non-hydrogen) atoms. The fraction of sp³-hybridized carbons (Fsp3) is 0.308. The van der Waals surface area contributed by atoms with Crippen LogP contribution >= 0.6 is 0 Å². The van der Waals surface area contributed by atoms with Crippen LogP contribution in [0, 0.1) is 0 Å². The number of aromatic nitrogens is 1. The summed E-state index contributed by atoms with van der Waals surface area (Å²) < 4.78 is 4.68. The number of aromatic amines is 1. The van der Waals surface area contributed by atoms with Gasteiger partial charge in [-0.05, 0) is 31.0 Å². The molecule has 0 aliphatic heterocycles. The van der Waals surface area contributed by atoms with Crippen LogP contribution in [0.2, 0.25) is 0 Å². The number of rotatable bonds is 3. The number of H-pyrrole nitrogens is 1. The lowest BCUT2D eigenvalue weighted by molar-refractivity contribution is 0.0601. The minimum atomic E-state index is -0.324. The number of nitrogens with two attached hydrogens (primary N) is 1. The Kier molecular flexibility index (Phi) is 3.15. The summed E-state index contributed by atoms with van der Waals surface area (Å²) in [6.45, 7) is 1.97. The Morgan fingerprint density at radius 3 is 2.94 bits per heavy atom. The number of carbonyl (C=O) groups excluding carboxylic acids is 1. The number of hydrogen-bond donors (Lipinski definition) is 2. The highest BCUT2D eigenvalue weighted by Crippen LogP contribution is 2.21. The molecule has 3 N–H and O–H groups in total. The quantitative estimate of drug-likeness (QED) is 0.793. The van der Waals surface area contributed by atoms with Gasteiger partial charge in [-0.1, -0.05) is 6.07 Å².